The number of carboxylic acid groups (broad SMARTS) is 1. The summed E-state index contributed by atoms with van der Waals surface area (Å²) >= 11 is 0.984. The summed E-state index contributed by atoms with van der Waals surface area (Å²) in [5, 5.41) is 15.4. The van der Waals surface area contributed by atoms with Crippen molar-refractivity contribution in [2.75, 3.05) is 32.5 Å². The summed E-state index contributed by atoms with van der Waals surface area (Å²) in [5.41, 5.74) is 10.8. The lowest BCUT2D eigenvalue weighted by Crippen LogP contribution is -2.68. The summed E-state index contributed by atoms with van der Waals surface area (Å²) in [6, 6.07) is 6.69. The Labute approximate surface area is 262 Å². The van der Waals surface area contributed by atoms with Crippen molar-refractivity contribution >= 4 is 56.1 Å². The highest BCUT2D eigenvalue weighted by Crippen LogP contribution is 2.40. The number of hydroxylamine groups is 2. The molecule has 2 aliphatic rings. The third kappa shape index (κ3) is 8.31. The standard InChI is InChI=1S/C26H33N7O10S2/c1-26(2)17(23(35)33(26)43-45(38,39)40)10-19(34)21(18-13-44-25(28)30-18)31-42-20(24(36)37)12-41-16-6-4-14(5-7-16)22(27)29-15-8-9-32(3)11-15/h4-7,13,15,17,20H,8-12H2,1-3H3,(H2,27,29)(H2,28,30)(H,36,37)(H,38,39,40)/b31-21-/t15-,17?,20-/m0/s1. The number of ketones is 1. The number of benzene rings is 1. The maximum Gasteiger partial charge on any atom is 0.418 e. The molecule has 0 bridgehead atoms. The van der Waals surface area contributed by atoms with Crippen LogP contribution in [0.3, 0.4) is 0 Å². The van der Waals surface area contributed by atoms with E-state index in [1.54, 1.807) is 24.3 Å². The van der Waals surface area contributed by atoms with Gasteiger partial charge in [-0.15, -0.1) is 15.6 Å². The second kappa shape index (κ2) is 13.4. The molecular formula is C26H33N7O10S2. The molecule has 6 N–H and O–H groups in total. The number of amidine groups is 1. The monoisotopic (exact) mass is 667 g/mol. The van der Waals surface area contributed by atoms with E-state index in [1.165, 1.54) is 19.2 Å². The van der Waals surface area contributed by atoms with Crippen LogP contribution >= 0.6 is 11.3 Å². The molecule has 1 aromatic heterocycles. The van der Waals surface area contributed by atoms with Crippen LogP contribution in [0.15, 0.2) is 39.8 Å². The Hall–Kier alpha value is -4.17. The number of likely N-dealkylation sites (N-methyl/N-ethyl adjacent to an activating group) is 1. The molecule has 2 fully saturated rings. The van der Waals surface area contributed by atoms with Gasteiger partial charge in [0.25, 0.3) is 12.0 Å². The minimum atomic E-state index is -4.99. The van der Waals surface area contributed by atoms with Crippen LogP contribution in [0.25, 0.3) is 0 Å². The van der Waals surface area contributed by atoms with E-state index in [1.807, 2.05) is 7.05 Å². The quantitative estimate of drug-likeness (QED) is 0.0696. The van der Waals surface area contributed by atoms with Crippen molar-refractivity contribution < 1.29 is 46.3 Å². The number of aliphatic imine (C=N–C) groups is 1. The number of nitrogen functional groups attached to an aromatic ring is 1. The van der Waals surface area contributed by atoms with E-state index < -0.39 is 64.4 Å². The molecule has 0 aliphatic carbocycles. The number of ether oxygens (including phenoxy) is 1. The van der Waals surface area contributed by atoms with E-state index in [-0.39, 0.29) is 16.9 Å². The first-order chi connectivity index (χ1) is 21.0. The highest BCUT2D eigenvalue weighted by Gasteiger charge is 2.57. The fourth-order valence-electron chi connectivity index (χ4n) is 4.73. The lowest BCUT2D eigenvalue weighted by atomic mass is 9.74. The van der Waals surface area contributed by atoms with Crippen molar-refractivity contribution in [3.8, 4) is 5.75 Å². The van der Waals surface area contributed by atoms with Gasteiger partial charge in [-0.3, -0.25) is 19.1 Å². The molecule has 1 aromatic carbocycles. The number of β-lactam (4-membered cyclic amide) rings is 1. The second-order valence-corrected chi connectivity index (χ2v) is 12.9. The number of oxime groups is 1. The Morgan fingerprint density at radius 3 is 2.49 bits per heavy atom. The molecule has 2 aliphatic heterocycles. The van der Waals surface area contributed by atoms with Crippen molar-refractivity contribution in [1.82, 2.24) is 14.9 Å². The van der Waals surface area contributed by atoms with Crippen molar-refractivity contribution in [3.63, 3.8) is 0 Å². The van der Waals surface area contributed by atoms with Crippen molar-refractivity contribution in [2.24, 2.45) is 21.8 Å². The number of aromatic nitrogens is 1. The lowest BCUT2D eigenvalue weighted by molar-refractivity contribution is -0.228. The topological polar surface area (TPSA) is 250 Å². The number of carboxylic acids is 1. The predicted octanol–water partition coefficient (Wildman–Crippen LogP) is 0.318. The van der Waals surface area contributed by atoms with Gasteiger partial charge in [-0.2, -0.15) is 13.5 Å². The zero-order chi connectivity index (χ0) is 33.1. The number of nitrogens with two attached hydrogens (primary N) is 2. The second-order valence-electron chi connectivity index (χ2n) is 11.0. The van der Waals surface area contributed by atoms with Gasteiger partial charge in [-0.05, 0) is 58.1 Å². The molecule has 0 saturated carbocycles. The van der Waals surface area contributed by atoms with Crippen LogP contribution in [0.4, 0.5) is 5.13 Å². The maximum absolute atomic E-state index is 13.3. The van der Waals surface area contributed by atoms with E-state index >= 15 is 0 Å². The van der Waals surface area contributed by atoms with Crippen molar-refractivity contribution in [1.29, 1.82) is 0 Å². The Balaban J connectivity index is 1.43. The van der Waals surface area contributed by atoms with Gasteiger partial charge in [-0.25, -0.2) is 9.78 Å². The predicted molar refractivity (Wildman–Crippen MR) is 161 cm³/mol. The van der Waals surface area contributed by atoms with Crippen LogP contribution in [0.5, 0.6) is 5.75 Å². The number of anilines is 1. The van der Waals surface area contributed by atoms with Crippen molar-refractivity contribution in [3.05, 3.63) is 40.9 Å². The van der Waals surface area contributed by atoms with Crippen LogP contribution < -0.4 is 16.2 Å². The first kappa shape index (κ1) is 33.7. The largest absolute Gasteiger partial charge is 0.489 e. The molecule has 1 amide bonds. The van der Waals surface area contributed by atoms with Crippen LogP contribution in [0.1, 0.15) is 37.9 Å². The summed E-state index contributed by atoms with van der Waals surface area (Å²) in [6.45, 7) is 4.13. The molecule has 19 heteroatoms. The van der Waals surface area contributed by atoms with Crippen LogP contribution in [-0.2, 0) is 33.9 Å². The van der Waals surface area contributed by atoms with E-state index in [0.29, 0.717) is 22.2 Å². The molecule has 17 nitrogen and oxygen atoms in total. The zero-order valence-electron chi connectivity index (χ0n) is 24.5. The molecular weight excluding hydrogens is 634 g/mol. The highest BCUT2D eigenvalue weighted by atomic mass is 32.3. The summed E-state index contributed by atoms with van der Waals surface area (Å²) in [5.74, 6) is -3.47. The smallest absolute Gasteiger partial charge is 0.418 e. The lowest BCUT2D eigenvalue weighted by Gasteiger charge is -2.50. The number of likely N-dealkylation sites (tertiary alicyclic amines) is 1. The average Bonchev–Trinajstić information content (AvgIpc) is 3.58. The number of amides is 1. The molecule has 3 atom stereocenters. The molecule has 0 radical (unpaired) electrons. The molecule has 244 valence electrons. The van der Waals surface area contributed by atoms with Gasteiger partial charge >= 0.3 is 16.4 Å². The number of hydrogen-bond donors (Lipinski definition) is 4. The number of rotatable bonds is 14. The van der Waals surface area contributed by atoms with E-state index in [2.05, 4.69) is 24.3 Å². The van der Waals surface area contributed by atoms with Crippen molar-refractivity contribution in [2.45, 2.75) is 44.4 Å². The zero-order valence-corrected chi connectivity index (χ0v) is 26.2. The summed E-state index contributed by atoms with van der Waals surface area (Å²) < 4.78 is 41.0. The van der Waals surface area contributed by atoms with E-state index in [4.69, 9.17) is 25.6 Å². The van der Waals surface area contributed by atoms with Gasteiger partial charge in [0.05, 0.1) is 17.5 Å². The first-order valence-corrected chi connectivity index (χ1v) is 15.8. The SMILES string of the molecule is CN1CC[C@H](N=C(N)c2ccc(OC[C@H](O/N=C(\C(=O)CC3C(=O)N(OS(=O)(=O)O)C3(C)C)c3csc(N)n3)C(=O)O)cc2)C1. The van der Waals surface area contributed by atoms with E-state index in [9.17, 15) is 27.9 Å². The molecule has 2 saturated heterocycles. The number of nitrogens with zero attached hydrogens (tertiary/aromatic N) is 5. The Morgan fingerprint density at radius 2 is 1.96 bits per heavy atom. The molecule has 3 heterocycles. The summed E-state index contributed by atoms with van der Waals surface area (Å²) in [6.07, 6.45) is -1.24. The number of hydrogen-bond acceptors (Lipinski definition) is 14. The van der Waals surface area contributed by atoms with E-state index in [0.717, 1.165) is 30.8 Å². The fraction of sp³-hybridized carbons (Fsp3) is 0.462. The molecule has 0 spiro atoms. The number of Topliss-reactive ketones (excluding diaryl/α,β-unsaturated/α-hetero) is 1. The molecule has 2 aromatic rings. The Bertz CT molecular complexity index is 1610. The maximum atomic E-state index is 13.3. The normalized spacial score (nSPS) is 21.3. The minimum absolute atomic E-state index is 0.0257. The highest BCUT2D eigenvalue weighted by molar-refractivity contribution is 7.80. The summed E-state index contributed by atoms with van der Waals surface area (Å²) in [7, 11) is -2.97. The Kier molecular flexibility index (Phi) is 10.1. The Morgan fingerprint density at radius 1 is 1.27 bits per heavy atom. The number of carbonyl (C=O) groups excluding carboxylic acids is 2. The number of aliphatic carboxylic acids is 1. The molecule has 45 heavy (non-hydrogen) atoms. The van der Waals surface area contributed by atoms with Crippen LogP contribution in [0.2, 0.25) is 0 Å². The average molecular weight is 668 g/mol. The van der Waals surface area contributed by atoms with Gasteiger partial charge in [0, 0.05) is 23.9 Å². The molecule has 1 unspecified atom stereocenters. The molecule has 4 rings (SSSR count). The van der Waals surface area contributed by atoms with Gasteiger partial charge in [-0.1, -0.05) is 5.16 Å². The van der Waals surface area contributed by atoms with Gasteiger partial charge in [0.15, 0.2) is 16.6 Å². The fourth-order valence-corrected chi connectivity index (χ4v) is 5.73. The van der Waals surface area contributed by atoms with Crippen LogP contribution in [0, 0.1) is 5.92 Å². The third-order valence-electron chi connectivity index (χ3n) is 7.25. The summed E-state index contributed by atoms with van der Waals surface area (Å²) in [4.78, 5) is 53.7. The van der Waals surface area contributed by atoms with Gasteiger partial charge in [0.2, 0.25) is 0 Å². The van der Waals surface area contributed by atoms with Gasteiger partial charge in [0.1, 0.15) is 23.9 Å². The third-order valence-corrected chi connectivity index (χ3v) is 8.26. The first-order valence-electron chi connectivity index (χ1n) is 13.5. The van der Waals surface area contributed by atoms with Gasteiger partial charge < -0.3 is 31.0 Å². The minimum Gasteiger partial charge on any atom is -0.489 e. The number of carbonyl (C=O) groups is 3. The van der Waals surface area contributed by atoms with Crippen LogP contribution in [-0.4, -0.2) is 107 Å². The number of thiazole rings is 1.